The summed E-state index contributed by atoms with van der Waals surface area (Å²) in [7, 11) is 0. The number of carbonyl (C=O) groups excluding carboxylic acids is 11. The monoisotopic (exact) mass is 1500 g/mol. The summed E-state index contributed by atoms with van der Waals surface area (Å²) in [6.45, 7) is 0.835. The fourth-order valence-corrected chi connectivity index (χ4v) is 14.3. The number of fused-ring (bicyclic) bond motifs is 4. The Kier molecular flexibility index (Phi) is 27.5. The van der Waals surface area contributed by atoms with Gasteiger partial charge in [0.1, 0.15) is 54.1 Å². The molecule has 4 aromatic heterocycles. The molecule has 2 aliphatic heterocycles. The lowest BCUT2D eigenvalue weighted by molar-refractivity contribution is -0.145. The number of aromatic nitrogens is 4. The number of nitrogens with two attached hydrogens (primary N) is 1. The Morgan fingerprint density at radius 3 is 1.27 bits per heavy atom. The Hall–Kier alpha value is -9.63. The zero-order chi connectivity index (χ0) is 73.8. The molecule has 0 saturated carbocycles. The van der Waals surface area contributed by atoms with Gasteiger partial charge in [-0.05, 0) is 129 Å². The largest absolute Gasteiger partial charge is 0.368 e. The molecule has 104 heavy (non-hydrogen) atoms. The Morgan fingerprint density at radius 2 is 0.827 bits per heavy atom. The Labute approximate surface area is 620 Å². The van der Waals surface area contributed by atoms with E-state index in [9.17, 15) is 52.7 Å². The molecule has 8 aromatic rings. The number of para-hydroxylation sites is 2. The molecule has 0 radical (unpaired) electrons. The van der Waals surface area contributed by atoms with Crippen LogP contribution in [0.1, 0.15) is 106 Å². The minimum Gasteiger partial charge on any atom is -0.368 e. The van der Waals surface area contributed by atoms with Gasteiger partial charge in [-0.1, -0.05) is 71.7 Å². The van der Waals surface area contributed by atoms with Crippen LogP contribution in [0.3, 0.4) is 0 Å². The van der Waals surface area contributed by atoms with Crippen molar-refractivity contribution < 1.29 is 52.7 Å². The van der Waals surface area contributed by atoms with Crippen molar-refractivity contribution >= 4 is 155 Å². The number of nitrogens with one attached hydrogen (secondary N) is 12. The van der Waals surface area contributed by atoms with E-state index in [1.165, 1.54) is 9.80 Å². The maximum absolute atomic E-state index is 14.5. The van der Waals surface area contributed by atoms with Crippen LogP contribution in [0.15, 0.2) is 110 Å². The number of rotatable bonds is 35. The first kappa shape index (κ1) is 77.0. The van der Waals surface area contributed by atoms with Gasteiger partial charge in [0.05, 0.1) is 0 Å². The molecule has 0 aliphatic carbocycles. The number of nitrogens with zero attached hydrogens (tertiary/aromatic N) is 2. The van der Waals surface area contributed by atoms with Crippen LogP contribution in [-0.2, 0) is 78.4 Å². The smallest absolute Gasteiger partial charge is 0.246 e. The van der Waals surface area contributed by atoms with Crippen molar-refractivity contribution in [2.24, 2.45) is 5.73 Å². The molecule has 30 heteroatoms. The molecule has 26 nitrogen and oxygen atoms in total. The van der Waals surface area contributed by atoms with Gasteiger partial charge < -0.3 is 78.0 Å². The minimum absolute atomic E-state index is 0.0256. The average Bonchev–Trinajstić information content (AvgIpc) is 1.66. The Morgan fingerprint density at radius 1 is 0.433 bits per heavy atom. The van der Waals surface area contributed by atoms with Gasteiger partial charge in [0.25, 0.3) is 0 Å². The number of unbranched alkanes of at least 4 members (excludes halogenated alkanes) is 1. The van der Waals surface area contributed by atoms with Crippen LogP contribution in [0.2, 0.25) is 10.0 Å². The van der Waals surface area contributed by atoms with Crippen LogP contribution in [-0.4, -0.2) is 181 Å². The highest BCUT2D eigenvalue weighted by molar-refractivity contribution is 6.31. The van der Waals surface area contributed by atoms with Crippen LogP contribution in [0, 0.1) is 0 Å². The quantitative estimate of drug-likeness (QED) is 0.0152. The van der Waals surface area contributed by atoms with Gasteiger partial charge in [-0.3, -0.25) is 52.7 Å². The zero-order valence-electron chi connectivity index (χ0n) is 57.4. The van der Waals surface area contributed by atoms with E-state index in [4.69, 9.17) is 52.1 Å². The third-order valence-electron chi connectivity index (χ3n) is 19.1. The lowest BCUT2D eigenvalue weighted by Gasteiger charge is -2.37. The first-order valence-corrected chi connectivity index (χ1v) is 37.0. The number of halogens is 4. The lowest BCUT2D eigenvalue weighted by atomic mass is 9.97. The summed E-state index contributed by atoms with van der Waals surface area (Å²) in [6, 6.07) is 18.4. The number of hydrogen-bond donors (Lipinski definition) is 13. The standard InChI is InChI=1S/C74H87Cl4N15O11/c75-37-66(96)88-60(33-45-41-85-56-35-47(77)22-24-51(45)56)73(103)92-29-9-6-18-62(92)71(101)90-58(31-43-39-83-53-15-3-1-13-49(43)53)69(99)81-27-11-20-64(94)80-26-8-5-17-55(68(79)98)87-65(95)21-12-28-82-70(100)59(32-44-40-84-54-16-4-2-14-50(44)54)91-72(102)63-19-7-10-30-93(63)74(104)61(89-67(97)38-76)34-46-42-86-57-36-48(78)23-25-52(46)57/h1-4,13-16,22-25,35-36,39-42,55,58-63,83-86H,5-12,17-21,26-34,37-38H2,(H2,79,98)(H,80,94)(H,81,99)(H,82,100)(H,87,95)(H,88,96)(H,89,97)(H,90,101)(H,91,102)/t55-,58-,59-,60-,61-,62-,63-/m0/s1. The number of benzene rings is 4. The van der Waals surface area contributed by atoms with Crippen molar-refractivity contribution in [3.05, 3.63) is 142 Å². The first-order valence-electron chi connectivity index (χ1n) is 35.2. The van der Waals surface area contributed by atoms with Crippen molar-refractivity contribution in [3.63, 3.8) is 0 Å². The predicted octanol–water partition coefficient (Wildman–Crippen LogP) is 6.42. The molecule has 2 fully saturated rings. The van der Waals surface area contributed by atoms with Gasteiger partial charge in [-0.15, -0.1) is 23.2 Å². The number of hydrogen-bond acceptors (Lipinski definition) is 11. The number of aromatic amines is 4. The molecule has 6 heterocycles. The summed E-state index contributed by atoms with van der Waals surface area (Å²) in [4.78, 5) is 166. The van der Waals surface area contributed by atoms with Crippen molar-refractivity contribution in [3.8, 4) is 0 Å². The topological polar surface area (TPSA) is 380 Å². The number of amides is 11. The van der Waals surface area contributed by atoms with Crippen molar-refractivity contribution in [1.29, 1.82) is 0 Å². The van der Waals surface area contributed by atoms with Gasteiger partial charge >= 0.3 is 0 Å². The third-order valence-corrected chi connectivity index (χ3v) is 20.1. The molecular weight excluding hydrogens is 1420 g/mol. The molecule has 4 aromatic carbocycles. The first-order chi connectivity index (χ1) is 50.2. The molecule has 10 rings (SSSR count). The normalized spacial score (nSPS) is 16.0. The average molecular weight is 1500 g/mol. The van der Waals surface area contributed by atoms with Gasteiger partial charge in [-0.25, -0.2) is 0 Å². The van der Waals surface area contributed by atoms with E-state index in [0.29, 0.717) is 61.4 Å². The zero-order valence-corrected chi connectivity index (χ0v) is 60.4. The van der Waals surface area contributed by atoms with E-state index < -0.39 is 101 Å². The molecule has 11 amide bonds. The molecule has 0 unspecified atom stereocenters. The summed E-state index contributed by atoms with van der Waals surface area (Å²) in [5.74, 6) is -6.46. The molecule has 552 valence electrons. The van der Waals surface area contributed by atoms with Crippen LogP contribution in [0.5, 0.6) is 0 Å². The number of primary amides is 1. The summed E-state index contributed by atoms with van der Waals surface area (Å²) < 4.78 is 0. The van der Waals surface area contributed by atoms with Gasteiger partial charge in [-0.2, -0.15) is 0 Å². The van der Waals surface area contributed by atoms with E-state index in [-0.39, 0.29) is 108 Å². The second-order valence-corrected chi connectivity index (χ2v) is 27.8. The van der Waals surface area contributed by atoms with Crippen LogP contribution >= 0.6 is 46.4 Å². The van der Waals surface area contributed by atoms with Crippen LogP contribution in [0.4, 0.5) is 0 Å². The molecule has 2 saturated heterocycles. The van der Waals surface area contributed by atoms with Gasteiger partial charge in [0, 0.05) is 150 Å². The summed E-state index contributed by atoms with van der Waals surface area (Å²) in [5.41, 5.74) is 11.9. The number of H-pyrrole nitrogens is 4. The fourth-order valence-electron chi connectivity index (χ4n) is 13.8. The summed E-state index contributed by atoms with van der Waals surface area (Å²) in [6.07, 6.45) is 11.9. The number of piperidine rings is 2. The molecular formula is C74H87Cl4N15O11. The minimum atomic E-state index is -1.12. The molecule has 0 bridgehead atoms. The molecule has 7 atom stereocenters. The highest BCUT2D eigenvalue weighted by atomic mass is 35.5. The van der Waals surface area contributed by atoms with Crippen molar-refractivity contribution in [2.75, 3.05) is 44.5 Å². The van der Waals surface area contributed by atoms with E-state index in [1.54, 1.807) is 49.1 Å². The van der Waals surface area contributed by atoms with E-state index in [0.717, 1.165) is 65.9 Å². The van der Waals surface area contributed by atoms with E-state index in [1.807, 2.05) is 60.7 Å². The van der Waals surface area contributed by atoms with Crippen molar-refractivity contribution in [1.82, 2.24) is 72.3 Å². The SMILES string of the molecule is NC(=O)[C@H](CCCCNC(=O)CCCNC(=O)[C@H](Cc1c[nH]c2ccccc12)NC(=O)[C@@H]1CCCCN1C(=O)[C@H](Cc1c[nH]c2cc(Cl)ccc12)NC(=O)CCl)NC(=O)CCCNC(=O)[C@H](Cc1c[nH]c2ccccc12)NC(=O)[C@@H]1CCCCN1C(=O)[C@H](Cc1c[nH]c2cc(Cl)ccc12)NC(=O)CCl. The summed E-state index contributed by atoms with van der Waals surface area (Å²) >= 11 is 24.3. The molecule has 0 spiro atoms. The molecule has 14 N–H and O–H groups in total. The number of carbonyl (C=O) groups is 11. The van der Waals surface area contributed by atoms with Crippen molar-refractivity contribution in [2.45, 2.75) is 151 Å². The van der Waals surface area contributed by atoms with Gasteiger partial charge in [0.15, 0.2) is 0 Å². The Balaban J connectivity index is 0.670. The lowest BCUT2D eigenvalue weighted by Crippen LogP contribution is -2.60. The van der Waals surface area contributed by atoms with Gasteiger partial charge in [0.2, 0.25) is 65.0 Å². The molecule has 2 aliphatic rings. The highest BCUT2D eigenvalue weighted by Gasteiger charge is 2.40. The van der Waals surface area contributed by atoms with E-state index in [2.05, 4.69) is 62.5 Å². The Bertz CT molecular complexity index is 4420. The second-order valence-electron chi connectivity index (χ2n) is 26.4. The maximum atomic E-state index is 14.5. The van der Waals surface area contributed by atoms with E-state index >= 15 is 0 Å². The number of likely N-dealkylation sites (tertiary alicyclic amines) is 2. The summed E-state index contributed by atoms with van der Waals surface area (Å²) in [5, 5.41) is 27.1. The van der Waals surface area contributed by atoms with Crippen LogP contribution in [0.25, 0.3) is 43.6 Å². The van der Waals surface area contributed by atoms with Crippen LogP contribution < -0.4 is 48.3 Å². The third kappa shape index (κ3) is 20.4. The number of alkyl halides is 2. The maximum Gasteiger partial charge on any atom is 0.246 e. The predicted molar refractivity (Wildman–Crippen MR) is 398 cm³/mol. The highest BCUT2D eigenvalue weighted by Crippen LogP contribution is 2.29. The fraction of sp³-hybridized carbons (Fsp3) is 0.419. The second kappa shape index (κ2) is 37.2.